The first-order chi connectivity index (χ1) is 13.6. The molecule has 0 aliphatic heterocycles. The van der Waals surface area contributed by atoms with Gasteiger partial charge >= 0.3 is 0 Å². The van der Waals surface area contributed by atoms with Crippen molar-refractivity contribution in [3.05, 3.63) is 94.5 Å². The van der Waals surface area contributed by atoms with Crippen molar-refractivity contribution in [2.45, 2.75) is 17.6 Å². The van der Waals surface area contributed by atoms with Crippen LogP contribution in [0, 0.1) is 6.92 Å². The number of carbonyl (C=O) groups excluding carboxylic acids is 1. The number of benzene rings is 3. The predicted molar refractivity (Wildman–Crippen MR) is 116 cm³/mol. The fourth-order valence-electron chi connectivity index (χ4n) is 2.53. The molecule has 0 aliphatic rings. The van der Waals surface area contributed by atoms with E-state index in [-0.39, 0.29) is 5.91 Å². The molecule has 0 spiro atoms. The van der Waals surface area contributed by atoms with Gasteiger partial charge in [-0.1, -0.05) is 48.0 Å². The summed E-state index contributed by atoms with van der Waals surface area (Å²) in [4.78, 5) is 13.5. The van der Waals surface area contributed by atoms with E-state index in [0.717, 1.165) is 11.3 Å². The van der Waals surface area contributed by atoms with E-state index >= 15 is 0 Å². The van der Waals surface area contributed by atoms with Crippen LogP contribution in [-0.2, 0) is 5.75 Å². The lowest BCUT2D eigenvalue weighted by Crippen LogP contribution is -2.28. The number of rotatable bonds is 8. The molecule has 3 rings (SSSR count). The van der Waals surface area contributed by atoms with Gasteiger partial charge in [-0.15, -0.1) is 11.8 Å². The summed E-state index contributed by atoms with van der Waals surface area (Å²) in [6.45, 7) is 2.75. The standard InChI is InChI=1S/C23H22ClNO2S/c1-17-7-12-20(15-22(17)24)27-14-13-25-23(26)19-10-8-18(9-11-19)16-28-21-5-3-2-4-6-21/h2-12,15H,13-14,16H2,1H3,(H,25,26). The van der Waals surface area contributed by atoms with E-state index in [4.69, 9.17) is 16.3 Å². The average molecular weight is 412 g/mol. The number of nitrogens with one attached hydrogen (secondary N) is 1. The fourth-order valence-corrected chi connectivity index (χ4v) is 3.58. The number of hydrogen-bond acceptors (Lipinski definition) is 3. The van der Waals surface area contributed by atoms with Gasteiger partial charge in [0.2, 0.25) is 0 Å². The first-order valence-corrected chi connectivity index (χ1v) is 10.4. The van der Waals surface area contributed by atoms with Crippen molar-refractivity contribution in [3.8, 4) is 5.75 Å². The molecule has 0 fully saturated rings. The number of aryl methyl sites for hydroxylation is 1. The SMILES string of the molecule is Cc1ccc(OCCNC(=O)c2ccc(CSc3ccccc3)cc2)cc1Cl. The Hall–Kier alpha value is -2.43. The van der Waals surface area contributed by atoms with Crippen LogP contribution in [0.3, 0.4) is 0 Å². The highest BCUT2D eigenvalue weighted by Gasteiger charge is 2.06. The minimum atomic E-state index is -0.104. The van der Waals surface area contributed by atoms with Gasteiger partial charge in [0.15, 0.2) is 0 Å². The van der Waals surface area contributed by atoms with E-state index in [0.29, 0.717) is 29.5 Å². The van der Waals surface area contributed by atoms with E-state index in [1.54, 1.807) is 17.8 Å². The zero-order chi connectivity index (χ0) is 19.8. The van der Waals surface area contributed by atoms with Gasteiger partial charge in [0.05, 0.1) is 6.54 Å². The zero-order valence-electron chi connectivity index (χ0n) is 15.7. The predicted octanol–water partition coefficient (Wildman–Crippen LogP) is 5.75. The quantitative estimate of drug-likeness (QED) is 0.379. The third-order valence-electron chi connectivity index (χ3n) is 4.16. The van der Waals surface area contributed by atoms with Crippen molar-refractivity contribution in [2.24, 2.45) is 0 Å². The maximum absolute atomic E-state index is 12.3. The molecule has 0 bridgehead atoms. The number of hydrogen-bond donors (Lipinski definition) is 1. The minimum Gasteiger partial charge on any atom is -0.492 e. The molecule has 0 aromatic heterocycles. The maximum Gasteiger partial charge on any atom is 0.251 e. The summed E-state index contributed by atoms with van der Waals surface area (Å²) in [6.07, 6.45) is 0. The third-order valence-corrected chi connectivity index (χ3v) is 5.65. The second-order valence-corrected chi connectivity index (χ2v) is 7.77. The molecule has 0 unspecified atom stereocenters. The normalized spacial score (nSPS) is 10.5. The average Bonchev–Trinajstić information content (AvgIpc) is 2.73. The topological polar surface area (TPSA) is 38.3 Å². The zero-order valence-corrected chi connectivity index (χ0v) is 17.2. The molecule has 0 saturated carbocycles. The first kappa shape index (κ1) is 20.3. The molecule has 0 heterocycles. The van der Waals surface area contributed by atoms with Crippen LogP contribution in [-0.4, -0.2) is 19.1 Å². The molecule has 0 aliphatic carbocycles. The van der Waals surface area contributed by atoms with Gasteiger partial charge in [0.1, 0.15) is 12.4 Å². The van der Waals surface area contributed by atoms with Crippen LogP contribution < -0.4 is 10.1 Å². The van der Waals surface area contributed by atoms with Crippen LogP contribution in [0.5, 0.6) is 5.75 Å². The number of halogens is 1. The smallest absolute Gasteiger partial charge is 0.251 e. The lowest BCUT2D eigenvalue weighted by Gasteiger charge is -2.09. The van der Waals surface area contributed by atoms with Gasteiger partial charge in [-0.3, -0.25) is 4.79 Å². The number of thioether (sulfide) groups is 1. The van der Waals surface area contributed by atoms with Crippen LogP contribution >= 0.6 is 23.4 Å². The van der Waals surface area contributed by atoms with Gasteiger partial charge in [0.25, 0.3) is 5.91 Å². The fraction of sp³-hybridized carbons (Fsp3) is 0.174. The van der Waals surface area contributed by atoms with Crippen molar-refractivity contribution in [3.63, 3.8) is 0 Å². The second-order valence-electron chi connectivity index (χ2n) is 6.31. The van der Waals surface area contributed by atoms with Gasteiger partial charge in [-0.05, 0) is 54.4 Å². The largest absolute Gasteiger partial charge is 0.492 e. The number of amides is 1. The molecule has 0 radical (unpaired) electrons. The molecular weight excluding hydrogens is 390 g/mol. The Bertz CT molecular complexity index is 914. The first-order valence-electron chi connectivity index (χ1n) is 9.06. The highest BCUT2D eigenvalue weighted by Crippen LogP contribution is 2.23. The Labute approximate surface area is 175 Å². The van der Waals surface area contributed by atoms with Gasteiger partial charge < -0.3 is 10.1 Å². The minimum absolute atomic E-state index is 0.104. The van der Waals surface area contributed by atoms with Crippen molar-refractivity contribution >= 4 is 29.3 Å². The van der Waals surface area contributed by atoms with Gasteiger partial charge in [-0.2, -0.15) is 0 Å². The van der Waals surface area contributed by atoms with Gasteiger partial charge in [-0.25, -0.2) is 0 Å². The van der Waals surface area contributed by atoms with Crippen molar-refractivity contribution in [1.82, 2.24) is 5.32 Å². The lowest BCUT2D eigenvalue weighted by molar-refractivity contribution is 0.0947. The van der Waals surface area contributed by atoms with Crippen LogP contribution in [0.15, 0.2) is 77.7 Å². The van der Waals surface area contributed by atoms with E-state index in [1.165, 1.54) is 10.5 Å². The molecule has 28 heavy (non-hydrogen) atoms. The van der Waals surface area contributed by atoms with Gasteiger partial charge in [0, 0.05) is 21.2 Å². The summed E-state index contributed by atoms with van der Waals surface area (Å²) in [5, 5.41) is 3.54. The Kier molecular flexibility index (Phi) is 7.40. The molecule has 5 heteroatoms. The second kappa shape index (κ2) is 10.2. The van der Waals surface area contributed by atoms with Crippen LogP contribution in [0.25, 0.3) is 0 Å². The highest BCUT2D eigenvalue weighted by atomic mass is 35.5. The summed E-state index contributed by atoms with van der Waals surface area (Å²) in [6, 6.07) is 23.5. The van der Waals surface area contributed by atoms with Crippen molar-refractivity contribution < 1.29 is 9.53 Å². The maximum atomic E-state index is 12.3. The van der Waals surface area contributed by atoms with E-state index in [2.05, 4.69) is 17.4 Å². The van der Waals surface area contributed by atoms with Crippen molar-refractivity contribution in [2.75, 3.05) is 13.2 Å². The van der Waals surface area contributed by atoms with Crippen molar-refractivity contribution in [1.29, 1.82) is 0 Å². The summed E-state index contributed by atoms with van der Waals surface area (Å²) in [5.41, 5.74) is 2.84. The van der Waals surface area contributed by atoms with Crippen LogP contribution in [0.1, 0.15) is 21.5 Å². The summed E-state index contributed by atoms with van der Waals surface area (Å²) in [5.74, 6) is 1.47. The van der Waals surface area contributed by atoms with E-state index < -0.39 is 0 Å². The third kappa shape index (κ3) is 6.04. The Morgan fingerprint density at radius 3 is 2.50 bits per heavy atom. The molecule has 3 nitrogen and oxygen atoms in total. The van der Waals surface area contributed by atoms with Crippen LogP contribution in [0.2, 0.25) is 5.02 Å². The number of carbonyl (C=O) groups is 1. The molecule has 1 amide bonds. The summed E-state index contributed by atoms with van der Waals surface area (Å²) < 4.78 is 5.62. The highest BCUT2D eigenvalue weighted by molar-refractivity contribution is 7.98. The number of ether oxygens (including phenoxy) is 1. The monoisotopic (exact) mass is 411 g/mol. The molecule has 3 aromatic carbocycles. The Morgan fingerprint density at radius 2 is 1.79 bits per heavy atom. The van der Waals surface area contributed by atoms with E-state index in [1.807, 2.05) is 61.5 Å². The lowest BCUT2D eigenvalue weighted by atomic mass is 10.1. The molecule has 144 valence electrons. The Balaban J connectivity index is 1.42. The molecule has 0 atom stereocenters. The van der Waals surface area contributed by atoms with Crippen LogP contribution in [0.4, 0.5) is 0 Å². The van der Waals surface area contributed by atoms with E-state index in [9.17, 15) is 4.79 Å². The summed E-state index contributed by atoms with van der Waals surface area (Å²) >= 11 is 7.85. The Morgan fingerprint density at radius 1 is 1.04 bits per heavy atom. The molecule has 0 saturated heterocycles. The summed E-state index contributed by atoms with van der Waals surface area (Å²) in [7, 11) is 0. The molecule has 1 N–H and O–H groups in total. The molecular formula is C23H22ClNO2S. The molecule has 3 aromatic rings.